The summed E-state index contributed by atoms with van der Waals surface area (Å²) in [6.07, 6.45) is 2.44. The first kappa shape index (κ1) is 34.4. The second-order valence-corrected chi connectivity index (χ2v) is 15.8. The Morgan fingerprint density at radius 2 is 1.49 bits per heavy atom. The van der Waals surface area contributed by atoms with Gasteiger partial charge in [-0.25, -0.2) is 13.2 Å². The predicted octanol–water partition coefficient (Wildman–Crippen LogP) is 3.58. The first-order valence-electron chi connectivity index (χ1n) is 15.7. The average molecular weight is 642 g/mol. The van der Waals surface area contributed by atoms with Crippen LogP contribution in [0.15, 0.2) is 60.7 Å². The summed E-state index contributed by atoms with van der Waals surface area (Å²) in [7, 11) is -3.79. The number of hydrogen-bond acceptors (Lipinski definition) is 7. The van der Waals surface area contributed by atoms with Gasteiger partial charge in [-0.2, -0.15) is 0 Å². The van der Waals surface area contributed by atoms with Crippen molar-refractivity contribution >= 4 is 27.7 Å². The van der Waals surface area contributed by atoms with Crippen LogP contribution in [0.4, 0.5) is 4.79 Å². The highest BCUT2D eigenvalue weighted by atomic mass is 32.2. The zero-order chi connectivity index (χ0) is 32.8. The van der Waals surface area contributed by atoms with Gasteiger partial charge in [-0.15, -0.1) is 0 Å². The summed E-state index contributed by atoms with van der Waals surface area (Å²) in [5.41, 5.74) is 2.07. The summed E-state index contributed by atoms with van der Waals surface area (Å²) < 4.78 is 35.1. The molecule has 10 nitrogen and oxygen atoms in total. The standard InChI is InChI=1S/C34H47N3O7S/c1-22(2)26(18-23-12-8-6-9-13-23)35-29(38)20-28-30(44-28)27(19-24-14-10-7-11-15-24)36-32(39)31(34(3,4)45(5,41)42)37-33(40)43-21-25-16-17-25/h6-15,22,25-28,30-31H,16-21H2,1-5H3,(H,35,38)(H,36,39)(H,37,40)/t26?,27-,28-,30+,31+/m0/s1. The van der Waals surface area contributed by atoms with E-state index >= 15 is 0 Å². The van der Waals surface area contributed by atoms with E-state index < -0.39 is 50.9 Å². The van der Waals surface area contributed by atoms with Crippen LogP contribution in [-0.4, -0.2) is 74.3 Å². The molecule has 1 unspecified atom stereocenters. The lowest BCUT2D eigenvalue weighted by atomic mass is 9.95. The van der Waals surface area contributed by atoms with Gasteiger partial charge in [-0.05, 0) is 62.5 Å². The third-order valence-electron chi connectivity index (χ3n) is 8.80. The van der Waals surface area contributed by atoms with E-state index in [2.05, 4.69) is 29.8 Å². The van der Waals surface area contributed by atoms with Gasteiger partial charge >= 0.3 is 6.09 Å². The maximum atomic E-state index is 13.8. The number of epoxide rings is 1. The third kappa shape index (κ3) is 10.0. The normalized spacial score (nSPS) is 20.0. The molecule has 4 rings (SSSR count). The van der Waals surface area contributed by atoms with E-state index in [4.69, 9.17) is 9.47 Å². The van der Waals surface area contributed by atoms with Gasteiger partial charge in [-0.3, -0.25) is 9.59 Å². The van der Waals surface area contributed by atoms with E-state index in [0.29, 0.717) is 18.8 Å². The molecule has 1 heterocycles. The van der Waals surface area contributed by atoms with Crippen molar-refractivity contribution in [2.45, 2.75) is 94.9 Å². The van der Waals surface area contributed by atoms with Crippen LogP contribution in [0, 0.1) is 11.8 Å². The number of ether oxygens (including phenoxy) is 2. The number of carbonyl (C=O) groups excluding carboxylic acids is 3. The molecule has 11 heteroatoms. The maximum Gasteiger partial charge on any atom is 0.407 e. The quantitative estimate of drug-likeness (QED) is 0.238. The van der Waals surface area contributed by atoms with E-state index in [-0.39, 0.29) is 30.9 Å². The van der Waals surface area contributed by atoms with E-state index in [0.717, 1.165) is 30.2 Å². The summed E-state index contributed by atoms with van der Waals surface area (Å²) in [5.74, 6) is -0.292. The molecule has 3 amide bonds. The summed E-state index contributed by atoms with van der Waals surface area (Å²) >= 11 is 0. The van der Waals surface area contributed by atoms with E-state index in [1.165, 1.54) is 13.8 Å². The van der Waals surface area contributed by atoms with E-state index in [1.54, 1.807) is 0 Å². The molecule has 2 aromatic carbocycles. The van der Waals surface area contributed by atoms with Crippen molar-refractivity contribution in [2.75, 3.05) is 12.9 Å². The molecule has 0 spiro atoms. The molecule has 45 heavy (non-hydrogen) atoms. The summed E-state index contributed by atoms with van der Waals surface area (Å²) in [6.45, 7) is 7.17. The van der Waals surface area contributed by atoms with Gasteiger partial charge in [-0.1, -0.05) is 74.5 Å². The fourth-order valence-electron chi connectivity index (χ4n) is 5.23. The van der Waals surface area contributed by atoms with Crippen molar-refractivity contribution in [3.63, 3.8) is 0 Å². The summed E-state index contributed by atoms with van der Waals surface area (Å²) in [4.78, 5) is 39.6. The van der Waals surface area contributed by atoms with Crippen LogP contribution in [-0.2, 0) is 41.7 Å². The second kappa shape index (κ2) is 14.8. The number of sulfone groups is 1. The van der Waals surface area contributed by atoms with Gasteiger partial charge in [0.2, 0.25) is 11.8 Å². The number of benzene rings is 2. The van der Waals surface area contributed by atoms with Crippen molar-refractivity contribution in [1.82, 2.24) is 16.0 Å². The highest BCUT2D eigenvalue weighted by Crippen LogP contribution is 2.31. The lowest BCUT2D eigenvalue weighted by molar-refractivity contribution is -0.124. The first-order chi connectivity index (χ1) is 21.2. The van der Waals surface area contributed by atoms with Gasteiger partial charge in [0, 0.05) is 12.3 Å². The monoisotopic (exact) mass is 641 g/mol. The van der Waals surface area contributed by atoms with Crippen molar-refractivity contribution in [1.29, 1.82) is 0 Å². The minimum Gasteiger partial charge on any atom is -0.449 e. The Hall–Kier alpha value is -3.44. The molecule has 246 valence electrons. The van der Waals surface area contributed by atoms with Gasteiger partial charge in [0.05, 0.1) is 29.9 Å². The van der Waals surface area contributed by atoms with Gasteiger partial charge in [0.25, 0.3) is 0 Å². The highest BCUT2D eigenvalue weighted by Gasteiger charge is 2.50. The molecule has 0 aromatic heterocycles. The molecule has 1 aliphatic heterocycles. The van der Waals surface area contributed by atoms with Crippen LogP contribution in [0.3, 0.4) is 0 Å². The molecule has 0 bridgehead atoms. The molecule has 5 atom stereocenters. The number of hydrogen-bond donors (Lipinski definition) is 3. The predicted molar refractivity (Wildman–Crippen MR) is 172 cm³/mol. The Kier molecular flexibility index (Phi) is 11.3. The topological polar surface area (TPSA) is 143 Å². The number of alkyl carbamates (subject to hydrolysis) is 1. The average Bonchev–Trinajstić information content (AvgIpc) is 3.91. The Labute approximate surface area is 266 Å². The molecule has 1 saturated carbocycles. The number of rotatable bonds is 16. The van der Waals surface area contributed by atoms with Crippen molar-refractivity contribution < 1.29 is 32.3 Å². The van der Waals surface area contributed by atoms with Crippen LogP contribution >= 0.6 is 0 Å². The number of carbonyl (C=O) groups is 3. The lowest BCUT2D eigenvalue weighted by Crippen LogP contribution is -2.62. The minimum atomic E-state index is -3.79. The number of nitrogens with one attached hydrogen (secondary N) is 3. The van der Waals surface area contributed by atoms with Gasteiger partial charge in [0.15, 0.2) is 9.84 Å². The van der Waals surface area contributed by atoms with Crippen LogP contribution in [0.25, 0.3) is 0 Å². The molecule has 2 aliphatic rings. The van der Waals surface area contributed by atoms with Crippen LogP contribution < -0.4 is 16.0 Å². The molecule has 3 N–H and O–H groups in total. The second-order valence-electron chi connectivity index (χ2n) is 13.3. The SMILES string of the molecule is CC(C)C(Cc1ccccc1)NC(=O)C[C@@H]1O[C@@H]1[C@H](Cc1ccccc1)NC(=O)[C@@H](NC(=O)OCC1CC1)C(C)(C)S(C)(=O)=O. The molecular weight excluding hydrogens is 594 g/mol. The van der Waals surface area contributed by atoms with E-state index in [9.17, 15) is 22.8 Å². The number of amides is 3. The lowest BCUT2D eigenvalue weighted by Gasteiger charge is -2.33. The summed E-state index contributed by atoms with van der Waals surface area (Å²) in [6, 6.07) is 17.4. The third-order valence-corrected chi connectivity index (χ3v) is 10.9. The van der Waals surface area contributed by atoms with Crippen LogP contribution in [0.5, 0.6) is 0 Å². The largest absolute Gasteiger partial charge is 0.449 e. The van der Waals surface area contributed by atoms with Crippen molar-refractivity contribution in [3.05, 3.63) is 71.8 Å². The van der Waals surface area contributed by atoms with Crippen molar-refractivity contribution in [2.24, 2.45) is 11.8 Å². The summed E-state index contributed by atoms with van der Waals surface area (Å²) in [5, 5.41) is 8.62. The zero-order valence-electron chi connectivity index (χ0n) is 26.8. The Morgan fingerprint density at radius 3 is 2.02 bits per heavy atom. The fourth-order valence-corrected chi connectivity index (χ4v) is 5.83. The molecule has 1 aliphatic carbocycles. The molecule has 0 radical (unpaired) electrons. The Morgan fingerprint density at radius 1 is 0.911 bits per heavy atom. The highest BCUT2D eigenvalue weighted by molar-refractivity contribution is 7.92. The Bertz CT molecular complexity index is 1410. The molecule has 2 aromatic rings. The zero-order valence-corrected chi connectivity index (χ0v) is 27.6. The van der Waals surface area contributed by atoms with E-state index in [1.807, 2.05) is 60.7 Å². The van der Waals surface area contributed by atoms with Crippen LogP contribution in [0.1, 0.15) is 58.1 Å². The molecule has 1 saturated heterocycles. The Balaban J connectivity index is 1.45. The first-order valence-corrected chi connectivity index (χ1v) is 17.6. The maximum absolute atomic E-state index is 13.8. The fraction of sp³-hybridized carbons (Fsp3) is 0.559. The van der Waals surface area contributed by atoms with Crippen molar-refractivity contribution in [3.8, 4) is 0 Å². The van der Waals surface area contributed by atoms with Crippen LogP contribution in [0.2, 0.25) is 0 Å². The minimum absolute atomic E-state index is 0.0540. The van der Waals surface area contributed by atoms with Gasteiger partial charge in [0.1, 0.15) is 12.1 Å². The molecule has 2 fully saturated rings. The smallest absolute Gasteiger partial charge is 0.407 e. The van der Waals surface area contributed by atoms with Gasteiger partial charge < -0.3 is 25.4 Å². The molecular formula is C34H47N3O7S.